The molecule has 0 N–H and O–H groups in total. The third kappa shape index (κ3) is 4.12. The van der Waals surface area contributed by atoms with E-state index < -0.39 is 11.6 Å². The molecule has 0 fully saturated rings. The first kappa shape index (κ1) is 19.8. The van der Waals surface area contributed by atoms with Gasteiger partial charge in [-0.2, -0.15) is 0 Å². The van der Waals surface area contributed by atoms with Crippen LogP contribution in [0.1, 0.15) is 16.2 Å². The number of anilines is 1. The lowest BCUT2D eigenvalue weighted by molar-refractivity contribution is 0.0986. The van der Waals surface area contributed by atoms with E-state index >= 15 is 0 Å². The summed E-state index contributed by atoms with van der Waals surface area (Å²) in [5, 5.41) is 0.689. The molecule has 2 heterocycles. The van der Waals surface area contributed by atoms with E-state index in [0.717, 1.165) is 34.2 Å². The minimum atomic E-state index is -0.733. The van der Waals surface area contributed by atoms with Crippen molar-refractivity contribution in [2.75, 3.05) is 32.1 Å². The highest BCUT2D eigenvalue weighted by Crippen LogP contribution is 2.33. The zero-order valence-electron chi connectivity index (χ0n) is 15.9. The van der Waals surface area contributed by atoms with Gasteiger partial charge in [0, 0.05) is 12.6 Å². The number of hydrogen-bond donors (Lipinski definition) is 0. The average molecular weight is 433 g/mol. The molecule has 0 bridgehead atoms. The molecule has 0 spiro atoms. The van der Waals surface area contributed by atoms with Crippen LogP contribution in [-0.2, 0) is 0 Å². The SMILES string of the molecule is CN(C)CCCN(C(=O)c1nc2ccccc2s1)c1nc2c(F)cc(F)cc2s1. The highest BCUT2D eigenvalue weighted by atomic mass is 32.1. The molecule has 0 saturated heterocycles. The molecule has 0 unspecified atom stereocenters. The Morgan fingerprint density at radius 3 is 2.59 bits per heavy atom. The van der Waals surface area contributed by atoms with E-state index in [4.69, 9.17) is 0 Å². The highest BCUT2D eigenvalue weighted by Gasteiger charge is 2.25. The van der Waals surface area contributed by atoms with Gasteiger partial charge >= 0.3 is 0 Å². The molecule has 29 heavy (non-hydrogen) atoms. The Kier molecular flexibility index (Phi) is 5.53. The number of hydrogen-bond acceptors (Lipinski definition) is 6. The van der Waals surface area contributed by atoms with Gasteiger partial charge in [0.15, 0.2) is 16.0 Å². The van der Waals surface area contributed by atoms with Crippen LogP contribution in [0.15, 0.2) is 36.4 Å². The van der Waals surface area contributed by atoms with Crippen LogP contribution in [0.25, 0.3) is 20.4 Å². The molecule has 0 aliphatic carbocycles. The second-order valence-electron chi connectivity index (χ2n) is 6.83. The van der Waals surface area contributed by atoms with E-state index in [9.17, 15) is 13.6 Å². The fourth-order valence-electron chi connectivity index (χ4n) is 2.97. The van der Waals surface area contributed by atoms with E-state index in [-0.39, 0.29) is 11.4 Å². The Morgan fingerprint density at radius 2 is 1.83 bits per heavy atom. The molecule has 150 valence electrons. The maximum atomic E-state index is 14.1. The Labute approximate surface area is 174 Å². The van der Waals surface area contributed by atoms with Crippen molar-refractivity contribution in [1.82, 2.24) is 14.9 Å². The second-order valence-corrected chi connectivity index (χ2v) is 8.87. The number of rotatable bonds is 6. The summed E-state index contributed by atoms with van der Waals surface area (Å²) in [4.78, 5) is 25.6. The molecule has 9 heteroatoms. The van der Waals surface area contributed by atoms with Crippen LogP contribution >= 0.6 is 22.7 Å². The number of fused-ring (bicyclic) bond motifs is 2. The summed E-state index contributed by atoms with van der Waals surface area (Å²) >= 11 is 2.41. The van der Waals surface area contributed by atoms with Gasteiger partial charge in [-0.15, -0.1) is 11.3 Å². The lowest BCUT2D eigenvalue weighted by atomic mass is 10.3. The van der Waals surface area contributed by atoms with Crippen LogP contribution in [-0.4, -0.2) is 48.0 Å². The minimum Gasteiger partial charge on any atom is -0.309 e. The average Bonchev–Trinajstić information content (AvgIpc) is 3.28. The van der Waals surface area contributed by atoms with Crippen molar-refractivity contribution in [1.29, 1.82) is 0 Å². The van der Waals surface area contributed by atoms with Gasteiger partial charge in [0.2, 0.25) is 0 Å². The fourth-order valence-corrected chi connectivity index (χ4v) is 4.91. The number of thiazole rings is 2. The van der Waals surface area contributed by atoms with Crippen LogP contribution in [0.4, 0.5) is 13.9 Å². The van der Waals surface area contributed by atoms with Crippen molar-refractivity contribution in [3.05, 3.63) is 53.0 Å². The maximum Gasteiger partial charge on any atom is 0.289 e. The minimum absolute atomic E-state index is 0.0705. The summed E-state index contributed by atoms with van der Waals surface area (Å²) in [7, 11) is 3.91. The monoisotopic (exact) mass is 432 g/mol. The zero-order chi connectivity index (χ0) is 20.5. The van der Waals surface area contributed by atoms with E-state index in [1.54, 1.807) is 0 Å². The largest absolute Gasteiger partial charge is 0.309 e. The van der Waals surface area contributed by atoms with Crippen LogP contribution in [0, 0.1) is 11.6 Å². The normalized spacial score (nSPS) is 11.6. The molecule has 0 atom stereocenters. The van der Waals surface area contributed by atoms with Gasteiger partial charge in [-0.3, -0.25) is 9.69 Å². The molecule has 4 rings (SSSR count). The van der Waals surface area contributed by atoms with Crippen molar-refractivity contribution < 1.29 is 13.6 Å². The Hall–Kier alpha value is -2.49. The van der Waals surface area contributed by atoms with Gasteiger partial charge in [0.1, 0.15) is 11.3 Å². The standard InChI is InChI=1S/C20H18F2N4OS2/c1-25(2)8-5-9-26(19(27)18-23-14-6-3-4-7-15(14)28-18)20-24-17-13(22)10-12(21)11-16(17)29-20/h3-4,6-7,10-11H,5,8-9H2,1-2H3. The number of carbonyl (C=O) groups is 1. The van der Waals surface area contributed by atoms with Gasteiger partial charge in [-0.25, -0.2) is 18.7 Å². The van der Waals surface area contributed by atoms with Gasteiger partial charge in [0.25, 0.3) is 5.91 Å². The van der Waals surface area contributed by atoms with Crippen molar-refractivity contribution >= 4 is 54.1 Å². The number of halogens is 2. The summed E-state index contributed by atoms with van der Waals surface area (Å²) in [6.07, 6.45) is 0.705. The predicted octanol–water partition coefficient (Wildman–Crippen LogP) is 4.78. The quantitative estimate of drug-likeness (QED) is 0.440. The third-order valence-electron chi connectivity index (χ3n) is 4.34. The van der Waals surface area contributed by atoms with Crippen molar-refractivity contribution in [2.24, 2.45) is 0 Å². The third-order valence-corrected chi connectivity index (χ3v) is 6.39. The molecule has 4 aromatic rings. The lowest BCUT2D eigenvalue weighted by Gasteiger charge is -2.19. The summed E-state index contributed by atoms with van der Waals surface area (Å²) in [5.41, 5.74) is 0.826. The fraction of sp³-hybridized carbons (Fsp3) is 0.250. The van der Waals surface area contributed by atoms with Gasteiger partial charge in [-0.1, -0.05) is 23.5 Å². The lowest BCUT2D eigenvalue weighted by Crippen LogP contribution is -2.33. The van der Waals surface area contributed by atoms with Crippen molar-refractivity contribution in [2.45, 2.75) is 6.42 Å². The number of benzene rings is 2. The molecule has 0 radical (unpaired) electrons. The summed E-state index contributed by atoms with van der Waals surface area (Å²) in [5.74, 6) is -1.69. The van der Waals surface area contributed by atoms with E-state index in [0.29, 0.717) is 27.8 Å². The molecular formula is C20H18F2N4OS2. The summed E-state index contributed by atoms with van der Waals surface area (Å²) in [6.45, 7) is 1.17. The molecule has 0 aliphatic heterocycles. The predicted molar refractivity (Wildman–Crippen MR) is 114 cm³/mol. The Bertz CT molecular complexity index is 1150. The maximum absolute atomic E-state index is 14.1. The second kappa shape index (κ2) is 8.10. The number of para-hydroxylation sites is 1. The van der Waals surface area contributed by atoms with E-state index in [1.807, 2.05) is 43.3 Å². The molecule has 2 aromatic carbocycles. The first-order valence-electron chi connectivity index (χ1n) is 9.00. The smallest absolute Gasteiger partial charge is 0.289 e. The van der Waals surface area contributed by atoms with Gasteiger partial charge in [-0.05, 0) is 45.3 Å². The highest BCUT2D eigenvalue weighted by molar-refractivity contribution is 7.23. The van der Waals surface area contributed by atoms with Crippen LogP contribution in [0.3, 0.4) is 0 Å². The van der Waals surface area contributed by atoms with E-state index in [2.05, 4.69) is 9.97 Å². The number of nitrogens with zero attached hydrogens (tertiary/aromatic N) is 4. The Morgan fingerprint density at radius 1 is 1.03 bits per heavy atom. The van der Waals surface area contributed by atoms with Crippen LogP contribution in [0.5, 0.6) is 0 Å². The summed E-state index contributed by atoms with van der Waals surface area (Å²) in [6, 6.07) is 9.58. The number of carbonyl (C=O) groups excluding carboxylic acids is 1. The van der Waals surface area contributed by atoms with Gasteiger partial charge in [0.05, 0.1) is 14.9 Å². The zero-order valence-corrected chi connectivity index (χ0v) is 17.5. The summed E-state index contributed by atoms with van der Waals surface area (Å²) < 4.78 is 29.0. The van der Waals surface area contributed by atoms with E-state index in [1.165, 1.54) is 22.3 Å². The van der Waals surface area contributed by atoms with Crippen LogP contribution < -0.4 is 4.90 Å². The topological polar surface area (TPSA) is 49.3 Å². The number of amides is 1. The van der Waals surface area contributed by atoms with Gasteiger partial charge < -0.3 is 4.90 Å². The number of aromatic nitrogens is 2. The molecule has 2 aromatic heterocycles. The molecule has 1 amide bonds. The first-order valence-corrected chi connectivity index (χ1v) is 10.6. The molecule has 0 aliphatic rings. The first-order chi connectivity index (χ1) is 13.9. The van der Waals surface area contributed by atoms with Crippen LogP contribution in [0.2, 0.25) is 0 Å². The molecule has 0 saturated carbocycles. The Balaban J connectivity index is 1.72. The van der Waals surface area contributed by atoms with Crippen molar-refractivity contribution in [3.8, 4) is 0 Å². The van der Waals surface area contributed by atoms with Crippen molar-refractivity contribution in [3.63, 3.8) is 0 Å². The molecular weight excluding hydrogens is 414 g/mol. The molecule has 5 nitrogen and oxygen atoms in total.